The summed E-state index contributed by atoms with van der Waals surface area (Å²) in [6.07, 6.45) is 2.88. The van der Waals surface area contributed by atoms with Gasteiger partial charge in [0.15, 0.2) is 12.4 Å². The molecule has 1 saturated heterocycles. The molecule has 0 radical (unpaired) electrons. The summed E-state index contributed by atoms with van der Waals surface area (Å²) in [5.41, 5.74) is -0.726. The van der Waals surface area contributed by atoms with Crippen molar-refractivity contribution in [2.75, 3.05) is 19.7 Å². The van der Waals surface area contributed by atoms with Crippen molar-refractivity contribution in [2.45, 2.75) is 44.2 Å². The number of amides is 1. The molecule has 138 valence electrons. The number of halogens is 1. The molecule has 7 heteroatoms. The molecule has 1 aromatic carbocycles. The molecule has 1 atom stereocenters. The lowest BCUT2D eigenvalue weighted by Crippen LogP contribution is -2.48. The molecule has 1 unspecified atom stereocenters. The molecule has 1 saturated carbocycles. The van der Waals surface area contributed by atoms with Crippen LogP contribution >= 0.6 is 0 Å². The van der Waals surface area contributed by atoms with E-state index in [1.165, 1.54) is 4.90 Å². The average molecular weight is 359 g/mol. The number of rotatable bonds is 5. The summed E-state index contributed by atoms with van der Waals surface area (Å²) in [6.45, 7) is 2.27. The van der Waals surface area contributed by atoms with Gasteiger partial charge in [0.05, 0.1) is 6.54 Å². The minimum absolute atomic E-state index is 0.00324. The zero-order valence-electron chi connectivity index (χ0n) is 14.8. The minimum Gasteiger partial charge on any atom is -0.484 e. The van der Waals surface area contributed by atoms with Gasteiger partial charge in [-0.15, -0.1) is 0 Å². The maximum absolute atomic E-state index is 15.4. The first-order chi connectivity index (χ1) is 12.5. The summed E-state index contributed by atoms with van der Waals surface area (Å²) in [6, 6.07) is 7.49. The standard InChI is InChI=1S/C19H22FN3O3/c1-13-4-2-5-15(10-13)25-11-16(24)23-9-3-8-19(20,12-23)18-21-17(22-26-18)14-6-7-14/h2,4-5,10,14H,3,6-9,11-12H2,1H3. The van der Waals surface area contributed by atoms with Gasteiger partial charge in [0.1, 0.15) is 5.75 Å². The highest BCUT2D eigenvalue weighted by molar-refractivity contribution is 5.78. The van der Waals surface area contributed by atoms with Gasteiger partial charge in [0.2, 0.25) is 5.67 Å². The maximum atomic E-state index is 15.4. The molecule has 2 aliphatic rings. The third-order valence-electron chi connectivity index (χ3n) is 4.91. The van der Waals surface area contributed by atoms with Crippen LogP contribution in [0.3, 0.4) is 0 Å². The predicted molar refractivity (Wildman–Crippen MR) is 91.5 cm³/mol. The zero-order chi connectivity index (χ0) is 18.1. The minimum atomic E-state index is -1.78. The van der Waals surface area contributed by atoms with Crippen LogP contribution in [0.2, 0.25) is 0 Å². The number of alkyl halides is 1. The Morgan fingerprint density at radius 2 is 2.31 bits per heavy atom. The number of hydrogen-bond acceptors (Lipinski definition) is 5. The first-order valence-corrected chi connectivity index (χ1v) is 9.04. The van der Waals surface area contributed by atoms with Crippen LogP contribution in [0.4, 0.5) is 4.39 Å². The first kappa shape index (κ1) is 17.0. The van der Waals surface area contributed by atoms with E-state index in [1.54, 1.807) is 6.07 Å². The molecule has 2 aromatic rings. The molecule has 2 fully saturated rings. The largest absolute Gasteiger partial charge is 0.484 e. The number of nitrogens with zero attached hydrogens (tertiary/aromatic N) is 3. The molecular weight excluding hydrogens is 337 g/mol. The van der Waals surface area contributed by atoms with Crippen LogP contribution in [0, 0.1) is 6.92 Å². The lowest BCUT2D eigenvalue weighted by atomic mass is 9.94. The van der Waals surface area contributed by atoms with Gasteiger partial charge in [0.25, 0.3) is 11.8 Å². The Kier molecular flexibility index (Phi) is 4.38. The molecule has 1 aromatic heterocycles. The van der Waals surface area contributed by atoms with Crippen molar-refractivity contribution in [1.82, 2.24) is 15.0 Å². The van der Waals surface area contributed by atoms with Crippen molar-refractivity contribution in [3.05, 3.63) is 41.5 Å². The van der Waals surface area contributed by atoms with Crippen molar-refractivity contribution in [3.63, 3.8) is 0 Å². The number of carbonyl (C=O) groups excluding carboxylic acids is 1. The average Bonchev–Trinajstić information content (AvgIpc) is 3.36. The SMILES string of the molecule is Cc1cccc(OCC(=O)N2CCCC(F)(c3nc(C4CC4)no3)C2)c1. The van der Waals surface area contributed by atoms with Gasteiger partial charge < -0.3 is 14.2 Å². The Balaban J connectivity index is 1.39. The summed E-state index contributed by atoms with van der Waals surface area (Å²) >= 11 is 0. The van der Waals surface area contributed by atoms with Gasteiger partial charge in [-0.25, -0.2) is 4.39 Å². The van der Waals surface area contributed by atoms with Gasteiger partial charge in [-0.2, -0.15) is 4.98 Å². The summed E-state index contributed by atoms with van der Waals surface area (Å²) in [4.78, 5) is 18.2. The molecule has 1 aliphatic carbocycles. The number of hydrogen-bond donors (Lipinski definition) is 0. The van der Waals surface area contributed by atoms with Gasteiger partial charge in [0, 0.05) is 12.5 Å². The molecule has 6 nitrogen and oxygen atoms in total. The number of aromatic nitrogens is 2. The number of ether oxygens (including phenoxy) is 1. The molecule has 2 heterocycles. The fraction of sp³-hybridized carbons (Fsp3) is 0.526. The number of likely N-dealkylation sites (tertiary alicyclic amines) is 1. The van der Waals surface area contributed by atoms with Crippen LogP contribution in [-0.4, -0.2) is 40.6 Å². The van der Waals surface area contributed by atoms with E-state index in [4.69, 9.17) is 9.26 Å². The molecule has 1 amide bonds. The molecule has 1 aliphatic heterocycles. The molecule has 26 heavy (non-hydrogen) atoms. The van der Waals surface area contributed by atoms with Crippen molar-refractivity contribution < 1.29 is 18.4 Å². The van der Waals surface area contributed by atoms with Crippen molar-refractivity contribution in [2.24, 2.45) is 0 Å². The Bertz CT molecular complexity index is 805. The van der Waals surface area contributed by atoms with Gasteiger partial charge >= 0.3 is 0 Å². The van der Waals surface area contributed by atoms with Crippen molar-refractivity contribution in [1.29, 1.82) is 0 Å². The summed E-state index contributed by atoms with van der Waals surface area (Å²) in [5, 5.41) is 3.90. The zero-order valence-corrected chi connectivity index (χ0v) is 14.8. The molecule has 0 spiro atoms. The quantitative estimate of drug-likeness (QED) is 0.820. The monoisotopic (exact) mass is 359 g/mol. The van der Waals surface area contributed by atoms with E-state index in [1.807, 2.05) is 25.1 Å². The van der Waals surface area contributed by atoms with Gasteiger partial charge in [-0.3, -0.25) is 4.79 Å². The van der Waals surface area contributed by atoms with Crippen LogP contribution in [-0.2, 0) is 10.5 Å². The lowest BCUT2D eigenvalue weighted by Gasteiger charge is -2.35. The van der Waals surface area contributed by atoms with E-state index < -0.39 is 5.67 Å². The smallest absolute Gasteiger partial charge is 0.266 e. The van der Waals surface area contributed by atoms with Crippen molar-refractivity contribution >= 4 is 5.91 Å². The number of piperidine rings is 1. The van der Waals surface area contributed by atoms with E-state index >= 15 is 4.39 Å². The summed E-state index contributed by atoms with van der Waals surface area (Å²) < 4.78 is 26.1. The van der Waals surface area contributed by atoms with E-state index in [2.05, 4.69) is 10.1 Å². The molecular formula is C19H22FN3O3. The van der Waals surface area contributed by atoms with Gasteiger partial charge in [-0.1, -0.05) is 17.3 Å². The Morgan fingerprint density at radius 3 is 3.08 bits per heavy atom. The summed E-state index contributed by atoms with van der Waals surface area (Å²) in [5.74, 6) is 1.28. The molecule has 0 bridgehead atoms. The van der Waals surface area contributed by atoms with Gasteiger partial charge in [-0.05, 0) is 50.3 Å². The van der Waals surface area contributed by atoms with Crippen LogP contribution < -0.4 is 4.74 Å². The Morgan fingerprint density at radius 1 is 1.46 bits per heavy atom. The third-order valence-corrected chi connectivity index (χ3v) is 4.91. The fourth-order valence-electron chi connectivity index (χ4n) is 3.26. The Hall–Kier alpha value is -2.44. The fourth-order valence-corrected chi connectivity index (χ4v) is 3.26. The van der Waals surface area contributed by atoms with E-state index in [9.17, 15) is 4.79 Å². The molecule has 0 N–H and O–H groups in total. The topological polar surface area (TPSA) is 68.5 Å². The van der Waals surface area contributed by atoms with E-state index in [-0.39, 0.29) is 31.4 Å². The molecule has 4 rings (SSSR count). The summed E-state index contributed by atoms with van der Waals surface area (Å²) in [7, 11) is 0. The maximum Gasteiger partial charge on any atom is 0.266 e. The number of carbonyl (C=O) groups is 1. The van der Waals surface area contributed by atoms with Crippen LogP contribution in [0.5, 0.6) is 5.75 Å². The number of aryl methyl sites for hydroxylation is 1. The Labute approximate surface area is 151 Å². The van der Waals surface area contributed by atoms with Crippen LogP contribution in [0.15, 0.2) is 28.8 Å². The lowest BCUT2D eigenvalue weighted by molar-refractivity contribution is -0.138. The third kappa shape index (κ3) is 3.57. The number of benzene rings is 1. The second-order valence-electron chi connectivity index (χ2n) is 7.22. The predicted octanol–water partition coefficient (Wildman–Crippen LogP) is 3.12. The van der Waals surface area contributed by atoms with E-state index in [0.717, 1.165) is 18.4 Å². The second kappa shape index (κ2) is 6.70. The highest BCUT2D eigenvalue weighted by atomic mass is 19.1. The second-order valence-corrected chi connectivity index (χ2v) is 7.22. The van der Waals surface area contributed by atoms with Crippen LogP contribution in [0.25, 0.3) is 0 Å². The van der Waals surface area contributed by atoms with Crippen molar-refractivity contribution in [3.8, 4) is 5.75 Å². The van der Waals surface area contributed by atoms with Crippen LogP contribution in [0.1, 0.15) is 48.9 Å². The highest BCUT2D eigenvalue weighted by Gasteiger charge is 2.44. The highest BCUT2D eigenvalue weighted by Crippen LogP contribution is 2.40. The first-order valence-electron chi connectivity index (χ1n) is 9.04. The normalized spacial score (nSPS) is 23.1. The van der Waals surface area contributed by atoms with E-state index in [0.29, 0.717) is 30.5 Å².